The molecule has 0 aromatic heterocycles. The van der Waals surface area contributed by atoms with Crippen LogP contribution in [0.15, 0.2) is 54.6 Å². The Hall–Kier alpha value is -2.95. The summed E-state index contributed by atoms with van der Waals surface area (Å²) in [6.45, 7) is 3.20. The Morgan fingerprint density at radius 3 is 1.70 bits per heavy atom. The molecule has 4 heterocycles. The van der Waals surface area contributed by atoms with E-state index in [-0.39, 0.29) is 17.6 Å². The standard InChI is InChI=1S/C22H20N2O3/c1-21-11-23-13-22(20(21)27,15-7-3-2-4-8-15)14-24(12-21)19(26)17-10-6-5-9-16(17)18(23)25/h2-10H,11-14H2,1H3. The normalized spacial score (nSPS) is 29.4. The van der Waals surface area contributed by atoms with E-state index in [1.807, 2.05) is 37.3 Å². The summed E-state index contributed by atoms with van der Waals surface area (Å²) in [6.07, 6.45) is 0. The van der Waals surface area contributed by atoms with Crippen LogP contribution in [0.2, 0.25) is 0 Å². The molecule has 2 fully saturated rings. The van der Waals surface area contributed by atoms with Gasteiger partial charge in [-0.15, -0.1) is 0 Å². The number of benzene rings is 2. The minimum absolute atomic E-state index is 0.139. The second-order valence-corrected chi connectivity index (χ2v) is 8.21. The van der Waals surface area contributed by atoms with E-state index in [0.717, 1.165) is 5.56 Å². The van der Waals surface area contributed by atoms with E-state index in [4.69, 9.17) is 0 Å². The van der Waals surface area contributed by atoms with E-state index in [1.54, 1.807) is 34.1 Å². The summed E-state index contributed by atoms with van der Waals surface area (Å²) >= 11 is 0. The smallest absolute Gasteiger partial charge is 0.254 e. The van der Waals surface area contributed by atoms with Crippen LogP contribution in [0.3, 0.4) is 0 Å². The lowest BCUT2D eigenvalue weighted by Gasteiger charge is -2.55. The molecule has 2 amide bonds. The molecule has 0 saturated carbocycles. The number of carbonyl (C=O) groups excluding carboxylic acids is 3. The maximum atomic E-state index is 13.6. The second-order valence-electron chi connectivity index (χ2n) is 8.21. The molecule has 5 heteroatoms. The largest absolute Gasteiger partial charge is 0.336 e. The summed E-state index contributed by atoms with van der Waals surface area (Å²) in [6, 6.07) is 16.6. The number of hydrogen-bond donors (Lipinski definition) is 0. The van der Waals surface area contributed by atoms with Gasteiger partial charge in [0.05, 0.1) is 22.0 Å². The number of rotatable bonds is 1. The zero-order valence-electron chi connectivity index (χ0n) is 15.1. The number of nitrogens with zero attached hydrogens (tertiary/aromatic N) is 2. The third kappa shape index (κ3) is 2.08. The first-order valence-electron chi connectivity index (χ1n) is 9.23. The van der Waals surface area contributed by atoms with Gasteiger partial charge in [-0.25, -0.2) is 0 Å². The van der Waals surface area contributed by atoms with Crippen molar-refractivity contribution in [3.63, 3.8) is 0 Å². The molecule has 6 rings (SSSR count). The molecule has 0 aliphatic carbocycles. The zero-order valence-corrected chi connectivity index (χ0v) is 15.1. The van der Waals surface area contributed by atoms with Gasteiger partial charge in [-0.3, -0.25) is 14.4 Å². The van der Waals surface area contributed by atoms with E-state index in [2.05, 4.69) is 0 Å². The van der Waals surface area contributed by atoms with Crippen molar-refractivity contribution in [1.29, 1.82) is 0 Å². The number of ketones is 1. The summed E-state index contributed by atoms with van der Waals surface area (Å²) in [5.74, 6) is -0.191. The van der Waals surface area contributed by atoms with Crippen LogP contribution >= 0.6 is 0 Å². The molecular weight excluding hydrogens is 340 g/mol. The Morgan fingerprint density at radius 2 is 1.19 bits per heavy atom. The lowest BCUT2D eigenvalue weighted by molar-refractivity contribution is -0.146. The van der Waals surface area contributed by atoms with Crippen molar-refractivity contribution in [3.05, 3.63) is 71.3 Å². The highest BCUT2D eigenvalue weighted by molar-refractivity contribution is 6.10. The third-order valence-electron chi connectivity index (χ3n) is 6.27. The van der Waals surface area contributed by atoms with Crippen molar-refractivity contribution in [2.45, 2.75) is 12.3 Å². The van der Waals surface area contributed by atoms with Crippen molar-refractivity contribution >= 4 is 17.6 Å². The first-order valence-corrected chi connectivity index (χ1v) is 9.23. The molecule has 27 heavy (non-hydrogen) atoms. The van der Waals surface area contributed by atoms with Gasteiger partial charge in [0.15, 0.2) is 5.78 Å². The number of hydrogen-bond acceptors (Lipinski definition) is 3. The summed E-state index contributed by atoms with van der Waals surface area (Å²) < 4.78 is 0. The highest BCUT2D eigenvalue weighted by Gasteiger charge is 2.61. The van der Waals surface area contributed by atoms with Crippen molar-refractivity contribution in [2.75, 3.05) is 26.2 Å². The van der Waals surface area contributed by atoms with Gasteiger partial charge in [0.2, 0.25) is 0 Å². The molecule has 2 aromatic carbocycles. The molecular formula is C22H20N2O3. The number of carbonyl (C=O) groups is 3. The fraction of sp³-hybridized carbons (Fsp3) is 0.318. The third-order valence-corrected chi connectivity index (χ3v) is 6.27. The van der Waals surface area contributed by atoms with Gasteiger partial charge < -0.3 is 9.80 Å². The van der Waals surface area contributed by atoms with Crippen molar-refractivity contribution in [3.8, 4) is 0 Å². The van der Waals surface area contributed by atoms with E-state index >= 15 is 0 Å². The Bertz CT molecular complexity index is 935. The van der Waals surface area contributed by atoms with Crippen LogP contribution in [-0.2, 0) is 10.2 Å². The van der Waals surface area contributed by atoms with Crippen LogP contribution in [-0.4, -0.2) is 53.6 Å². The Morgan fingerprint density at radius 1 is 0.704 bits per heavy atom. The first kappa shape index (κ1) is 16.2. The summed E-state index contributed by atoms with van der Waals surface area (Å²) in [7, 11) is 0. The van der Waals surface area contributed by atoms with Gasteiger partial charge in [0, 0.05) is 26.2 Å². The van der Waals surface area contributed by atoms with Crippen molar-refractivity contribution < 1.29 is 14.4 Å². The molecule has 4 aliphatic heterocycles. The molecule has 4 aliphatic rings. The van der Waals surface area contributed by atoms with Gasteiger partial charge in [0.25, 0.3) is 11.8 Å². The Balaban J connectivity index is 1.77. The van der Waals surface area contributed by atoms with E-state index in [1.165, 1.54) is 0 Å². The molecule has 0 unspecified atom stereocenters. The highest BCUT2D eigenvalue weighted by atomic mass is 16.2. The topological polar surface area (TPSA) is 57.7 Å². The van der Waals surface area contributed by atoms with Gasteiger partial charge in [-0.2, -0.15) is 0 Å². The SMILES string of the molecule is CC12CN3CC(c4ccccc4)(CN(C1)C(=O)c1ccccc1C3=O)C2=O. The van der Waals surface area contributed by atoms with Crippen molar-refractivity contribution in [2.24, 2.45) is 5.41 Å². The van der Waals surface area contributed by atoms with Crippen LogP contribution < -0.4 is 0 Å². The van der Waals surface area contributed by atoms with E-state index < -0.39 is 10.8 Å². The van der Waals surface area contributed by atoms with Crippen LogP contribution in [0.25, 0.3) is 0 Å². The first-order chi connectivity index (χ1) is 12.9. The number of Topliss-reactive ketones (excluding diaryl/α,β-unsaturated/α-hetero) is 1. The quantitative estimate of drug-likeness (QED) is 0.783. The molecule has 0 radical (unpaired) electrons. The minimum atomic E-state index is -0.875. The average Bonchev–Trinajstić information content (AvgIpc) is 2.72. The minimum Gasteiger partial charge on any atom is -0.336 e. The van der Waals surface area contributed by atoms with Crippen molar-refractivity contribution in [1.82, 2.24) is 9.80 Å². The maximum absolute atomic E-state index is 13.6. The van der Waals surface area contributed by atoms with Crippen LogP contribution in [0.1, 0.15) is 33.2 Å². The monoisotopic (exact) mass is 360 g/mol. The summed E-state index contributed by atoms with van der Waals surface area (Å²) in [5.41, 5.74) is 0.0895. The molecule has 2 saturated heterocycles. The summed E-state index contributed by atoms with van der Waals surface area (Å²) in [5, 5.41) is 0. The predicted octanol–water partition coefficient (Wildman–Crippen LogP) is 2.13. The van der Waals surface area contributed by atoms with Crippen LogP contribution in [0, 0.1) is 5.41 Å². The van der Waals surface area contributed by atoms with Gasteiger partial charge >= 0.3 is 0 Å². The molecule has 2 aromatic rings. The fourth-order valence-electron chi connectivity index (χ4n) is 5.13. The molecule has 0 atom stereocenters. The zero-order chi connectivity index (χ0) is 18.8. The van der Waals surface area contributed by atoms with E-state index in [9.17, 15) is 14.4 Å². The second kappa shape index (κ2) is 5.28. The van der Waals surface area contributed by atoms with Gasteiger partial charge in [0.1, 0.15) is 0 Å². The lowest BCUT2D eigenvalue weighted by atomic mass is 9.60. The van der Waals surface area contributed by atoms with Gasteiger partial charge in [-0.1, -0.05) is 42.5 Å². The molecule has 4 bridgehead atoms. The lowest BCUT2D eigenvalue weighted by Crippen LogP contribution is -2.71. The fourth-order valence-corrected chi connectivity index (χ4v) is 5.13. The Labute approximate surface area is 157 Å². The molecule has 0 spiro atoms. The number of amides is 2. The Kier molecular flexibility index (Phi) is 3.18. The maximum Gasteiger partial charge on any atom is 0.254 e. The van der Waals surface area contributed by atoms with Crippen LogP contribution in [0.4, 0.5) is 0 Å². The number of piperidine rings is 2. The average molecular weight is 360 g/mol. The van der Waals surface area contributed by atoms with E-state index in [0.29, 0.717) is 37.3 Å². The predicted molar refractivity (Wildman–Crippen MR) is 99.5 cm³/mol. The van der Waals surface area contributed by atoms with Crippen LogP contribution in [0.5, 0.6) is 0 Å². The van der Waals surface area contributed by atoms with Gasteiger partial charge in [-0.05, 0) is 24.6 Å². The highest BCUT2D eigenvalue weighted by Crippen LogP contribution is 2.46. The summed E-state index contributed by atoms with van der Waals surface area (Å²) in [4.78, 5) is 43.8. The molecule has 0 N–H and O–H groups in total. The molecule has 5 nitrogen and oxygen atoms in total. The molecule has 136 valence electrons.